The van der Waals surface area contributed by atoms with E-state index in [2.05, 4.69) is 5.32 Å². The number of fused-ring (bicyclic) bond motifs is 1. The third-order valence-corrected chi connectivity index (χ3v) is 5.79. The number of rotatable bonds is 7. The van der Waals surface area contributed by atoms with Crippen LogP contribution in [0.2, 0.25) is 0 Å². The minimum Gasteiger partial charge on any atom is -0.497 e. The summed E-state index contributed by atoms with van der Waals surface area (Å²) in [4.78, 5) is 26.8. The molecular weight excluding hydrogens is 396 g/mol. The van der Waals surface area contributed by atoms with Crippen molar-refractivity contribution in [2.24, 2.45) is 5.92 Å². The summed E-state index contributed by atoms with van der Waals surface area (Å²) in [5.74, 6) is 2.07. The van der Waals surface area contributed by atoms with Crippen molar-refractivity contribution in [3.8, 4) is 17.2 Å². The quantitative estimate of drug-likeness (QED) is 0.727. The van der Waals surface area contributed by atoms with E-state index in [1.165, 1.54) is 6.42 Å². The van der Waals surface area contributed by atoms with E-state index in [4.69, 9.17) is 14.2 Å². The number of amides is 2. The van der Waals surface area contributed by atoms with E-state index in [9.17, 15) is 9.59 Å². The smallest absolute Gasteiger partial charge is 0.265 e. The Morgan fingerprint density at radius 2 is 1.84 bits per heavy atom. The van der Waals surface area contributed by atoms with Gasteiger partial charge in [-0.3, -0.25) is 9.59 Å². The second-order valence-electron chi connectivity index (χ2n) is 7.86. The number of nitrogens with zero attached hydrogens (tertiary/aromatic N) is 1. The summed E-state index contributed by atoms with van der Waals surface area (Å²) in [5, 5.41) is 3.01. The van der Waals surface area contributed by atoms with Crippen LogP contribution in [0.5, 0.6) is 17.2 Å². The predicted octanol–water partition coefficient (Wildman–Crippen LogP) is 4.02. The van der Waals surface area contributed by atoms with Gasteiger partial charge in [-0.15, -0.1) is 0 Å². The molecule has 1 aliphatic heterocycles. The lowest BCUT2D eigenvalue weighted by molar-refractivity contribution is -0.121. The van der Waals surface area contributed by atoms with E-state index >= 15 is 0 Å². The van der Waals surface area contributed by atoms with Gasteiger partial charge in [-0.05, 0) is 55.3 Å². The van der Waals surface area contributed by atoms with Crippen molar-refractivity contribution in [3.05, 3.63) is 42.5 Å². The molecule has 1 heterocycles. The third kappa shape index (κ3) is 5.10. The van der Waals surface area contributed by atoms with Crippen molar-refractivity contribution >= 4 is 23.2 Å². The molecule has 7 nitrogen and oxygen atoms in total. The molecule has 7 heteroatoms. The van der Waals surface area contributed by atoms with Crippen LogP contribution in [0.15, 0.2) is 42.5 Å². The summed E-state index contributed by atoms with van der Waals surface area (Å²) in [6.07, 6.45) is 5.29. The van der Waals surface area contributed by atoms with E-state index in [1.54, 1.807) is 24.1 Å². The molecule has 0 radical (unpaired) electrons. The van der Waals surface area contributed by atoms with E-state index in [0.29, 0.717) is 36.0 Å². The van der Waals surface area contributed by atoms with Crippen molar-refractivity contribution in [1.29, 1.82) is 0 Å². The van der Waals surface area contributed by atoms with E-state index in [1.807, 2.05) is 30.3 Å². The number of hydrogen-bond acceptors (Lipinski definition) is 5. The van der Waals surface area contributed by atoms with Gasteiger partial charge in [-0.2, -0.15) is 0 Å². The van der Waals surface area contributed by atoms with Gasteiger partial charge in [-0.1, -0.05) is 19.3 Å². The SMILES string of the molecule is COc1ccc(OCCN2C(=O)COc3ccc(NC(=O)C4CCCCC4)cc32)cc1. The highest BCUT2D eigenvalue weighted by Crippen LogP contribution is 2.35. The number of carbonyl (C=O) groups excluding carboxylic acids is 2. The molecule has 1 saturated carbocycles. The number of anilines is 2. The minimum absolute atomic E-state index is 0.0106. The van der Waals surface area contributed by atoms with E-state index < -0.39 is 0 Å². The molecule has 164 valence electrons. The molecule has 1 fully saturated rings. The van der Waals surface area contributed by atoms with Gasteiger partial charge in [0.2, 0.25) is 5.91 Å². The fraction of sp³-hybridized carbons (Fsp3) is 0.417. The fourth-order valence-corrected chi connectivity index (χ4v) is 4.06. The van der Waals surface area contributed by atoms with Gasteiger partial charge in [0, 0.05) is 11.6 Å². The molecule has 2 aliphatic rings. The lowest BCUT2D eigenvalue weighted by Crippen LogP contribution is -2.41. The largest absolute Gasteiger partial charge is 0.497 e. The molecule has 0 unspecified atom stereocenters. The Morgan fingerprint density at radius 1 is 1.10 bits per heavy atom. The van der Waals surface area contributed by atoms with Crippen molar-refractivity contribution in [1.82, 2.24) is 0 Å². The lowest BCUT2D eigenvalue weighted by atomic mass is 9.88. The van der Waals surface area contributed by atoms with Gasteiger partial charge in [0.05, 0.1) is 19.3 Å². The van der Waals surface area contributed by atoms with Crippen LogP contribution in [0, 0.1) is 5.92 Å². The molecule has 0 aromatic heterocycles. The number of nitrogens with one attached hydrogen (secondary N) is 1. The zero-order valence-electron chi connectivity index (χ0n) is 17.8. The van der Waals surface area contributed by atoms with Crippen LogP contribution in [0.4, 0.5) is 11.4 Å². The molecule has 2 aromatic carbocycles. The molecule has 31 heavy (non-hydrogen) atoms. The average Bonchev–Trinajstić information content (AvgIpc) is 2.81. The zero-order valence-corrected chi connectivity index (χ0v) is 17.8. The Balaban J connectivity index is 1.41. The van der Waals surface area contributed by atoms with Gasteiger partial charge in [-0.25, -0.2) is 0 Å². The Bertz CT molecular complexity index is 922. The maximum absolute atomic E-state index is 12.6. The van der Waals surface area contributed by atoms with Crippen molar-refractivity contribution < 1.29 is 23.8 Å². The number of ether oxygens (including phenoxy) is 3. The third-order valence-electron chi connectivity index (χ3n) is 5.79. The Labute approximate surface area is 182 Å². The average molecular weight is 424 g/mol. The van der Waals surface area contributed by atoms with Crippen molar-refractivity contribution in [2.75, 3.05) is 37.1 Å². The zero-order chi connectivity index (χ0) is 21.6. The van der Waals surface area contributed by atoms with Crippen LogP contribution in [-0.4, -0.2) is 38.7 Å². The number of methoxy groups -OCH3 is 1. The van der Waals surface area contributed by atoms with E-state index in [-0.39, 0.29) is 24.3 Å². The van der Waals surface area contributed by atoms with E-state index in [0.717, 1.165) is 31.4 Å². The fourth-order valence-electron chi connectivity index (χ4n) is 4.06. The molecular formula is C24H28N2O5. The summed E-state index contributed by atoms with van der Waals surface area (Å²) in [6, 6.07) is 12.7. The number of hydrogen-bond donors (Lipinski definition) is 1. The first-order valence-electron chi connectivity index (χ1n) is 10.8. The standard InChI is InChI=1S/C24H28N2O5/c1-29-19-8-10-20(11-9-19)30-14-13-26-21-15-18(7-12-22(21)31-16-23(26)27)25-24(28)17-5-3-2-4-6-17/h7-12,15,17H,2-6,13-14,16H2,1H3,(H,25,28). The Kier molecular flexibility index (Phi) is 6.60. The van der Waals surface area contributed by atoms with Crippen molar-refractivity contribution in [3.63, 3.8) is 0 Å². The first kappa shape index (κ1) is 21.0. The van der Waals surface area contributed by atoms with Crippen LogP contribution in [0.1, 0.15) is 32.1 Å². The van der Waals surface area contributed by atoms with Gasteiger partial charge in [0.15, 0.2) is 6.61 Å². The maximum Gasteiger partial charge on any atom is 0.265 e. The second kappa shape index (κ2) is 9.73. The lowest BCUT2D eigenvalue weighted by Gasteiger charge is -2.30. The molecule has 4 rings (SSSR count). The molecule has 0 saturated heterocycles. The highest BCUT2D eigenvalue weighted by molar-refractivity contribution is 5.99. The second-order valence-corrected chi connectivity index (χ2v) is 7.86. The van der Waals surface area contributed by atoms with Gasteiger partial charge >= 0.3 is 0 Å². The molecule has 2 aromatic rings. The van der Waals surface area contributed by atoms with Crippen LogP contribution >= 0.6 is 0 Å². The number of benzene rings is 2. The highest BCUT2D eigenvalue weighted by atomic mass is 16.5. The predicted molar refractivity (Wildman–Crippen MR) is 118 cm³/mol. The maximum atomic E-state index is 12.6. The molecule has 2 amide bonds. The Hall–Kier alpha value is -3.22. The normalized spacial score (nSPS) is 16.3. The van der Waals surface area contributed by atoms with Crippen molar-refractivity contribution in [2.45, 2.75) is 32.1 Å². The molecule has 1 aliphatic carbocycles. The first-order chi connectivity index (χ1) is 15.1. The van der Waals surface area contributed by atoms with Gasteiger partial charge in [0.25, 0.3) is 5.91 Å². The summed E-state index contributed by atoms with van der Waals surface area (Å²) < 4.78 is 16.5. The van der Waals surface area contributed by atoms with Gasteiger partial charge in [0.1, 0.15) is 23.9 Å². The Morgan fingerprint density at radius 3 is 2.58 bits per heavy atom. The highest BCUT2D eigenvalue weighted by Gasteiger charge is 2.27. The van der Waals surface area contributed by atoms with Crippen LogP contribution in [-0.2, 0) is 9.59 Å². The summed E-state index contributed by atoms with van der Waals surface area (Å²) in [6.45, 7) is 0.695. The summed E-state index contributed by atoms with van der Waals surface area (Å²) in [7, 11) is 1.61. The van der Waals surface area contributed by atoms with Crippen LogP contribution in [0.25, 0.3) is 0 Å². The first-order valence-corrected chi connectivity index (χ1v) is 10.8. The molecule has 0 bridgehead atoms. The van der Waals surface area contributed by atoms with Crippen LogP contribution in [0.3, 0.4) is 0 Å². The minimum atomic E-state index is -0.137. The summed E-state index contributed by atoms with van der Waals surface area (Å²) in [5.41, 5.74) is 1.32. The van der Waals surface area contributed by atoms with Crippen LogP contribution < -0.4 is 24.4 Å². The molecule has 1 N–H and O–H groups in total. The molecule has 0 spiro atoms. The monoisotopic (exact) mass is 424 g/mol. The van der Waals surface area contributed by atoms with Gasteiger partial charge < -0.3 is 24.4 Å². The molecule has 0 atom stereocenters. The summed E-state index contributed by atoms with van der Waals surface area (Å²) >= 11 is 0. The number of carbonyl (C=O) groups is 2. The topological polar surface area (TPSA) is 77.1 Å².